The van der Waals surface area contributed by atoms with Gasteiger partial charge >= 0.3 is 0 Å². The van der Waals surface area contributed by atoms with Crippen molar-refractivity contribution in [3.63, 3.8) is 0 Å². The minimum absolute atomic E-state index is 0.180. The average Bonchev–Trinajstić information content (AvgIpc) is 2.94. The van der Waals surface area contributed by atoms with E-state index < -0.39 is 5.91 Å². The van der Waals surface area contributed by atoms with Gasteiger partial charge < -0.3 is 15.8 Å². The molecule has 2 aromatic rings. The molecule has 1 aromatic heterocycles. The molecule has 7 heteroatoms. The standard InChI is InChI=1S/C14H14N2O3S2/c1-19-9-2-4-10(5-3-9)21-8-12(17)16-14-11(13(15)18)6-7-20-14/h2-7H,8H2,1H3,(H2,15,18)(H,16,17). The van der Waals surface area contributed by atoms with Gasteiger partial charge in [0.1, 0.15) is 10.8 Å². The lowest BCUT2D eigenvalue weighted by Gasteiger charge is -2.05. The van der Waals surface area contributed by atoms with Crippen molar-refractivity contribution in [1.82, 2.24) is 0 Å². The van der Waals surface area contributed by atoms with Crippen molar-refractivity contribution in [3.8, 4) is 5.75 Å². The van der Waals surface area contributed by atoms with Crippen molar-refractivity contribution >= 4 is 39.9 Å². The fourth-order valence-electron chi connectivity index (χ4n) is 1.58. The molecule has 0 atom stereocenters. The molecule has 0 aliphatic heterocycles. The third-order valence-corrected chi connectivity index (χ3v) is 4.45. The summed E-state index contributed by atoms with van der Waals surface area (Å²) < 4.78 is 5.07. The number of anilines is 1. The molecule has 0 fully saturated rings. The van der Waals surface area contributed by atoms with Crippen LogP contribution in [0, 0.1) is 0 Å². The van der Waals surface area contributed by atoms with Crippen LogP contribution >= 0.6 is 23.1 Å². The van der Waals surface area contributed by atoms with Gasteiger partial charge in [0.05, 0.1) is 18.4 Å². The third-order valence-electron chi connectivity index (χ3n) is 2.61. The molecule has 1 heterocycles. The Morgan fingerprint density at radius 1 is 1.29 bits per heavy atom. The molecule has 5 nitrogen and oxygen atoms in total. The highest BCUT2D eigenvalue weighted by atomic mass is 32.2. The van der Waals surface area contributed by atoms with Gasteiger partial charge in [-0.1, -0.05) is 0 Å². The van der Waals surface area contributed by atoms with E-state index in [1.54, 1.807) is 18.6 Å². The van der Waals surface area contributed by atoms with Gasteiger partial charge in [-0.25, -0.2) is 0 Å². The average molecular weight is 322 g/mol. The predicted octanol–water partition coefficient (Wildman–Crippen LogP) is 2.59. The van der Waals surface area contributed by atoms with E-state index in [9.17, 15) is 9.59 Å². The summed E-state index contributed by atoms with van der Waals surface area (Å²) in [5.41, 5.74) is 5.56. The van der Waals surface area contributed by atoms with Crippen LogP contribution in [0.25, 0.3) is 0 Å². The SMILES string of the molecule is COc1ccc(SCC(=O)Nc2sccc2C(N)=O)cc1. The van der Waals surface area contributed by atoms with Crippen LogP contribution in [0.5, 0.6) is 5.75 Å². The highest BCUT2D eigenvalue weighted by Gasteiger charge is 2.12. The van der Waals surface area contributed by atoms with E-state index in [0.717, 1.165) is 10.6 Å². The maximum atomic E-state index is 11.9. The van der Waals surface area contributed by atoms with Gasteiger partial charge in [-0.15, -0.1) is 23.1 Å². The molecule has 0 aliphatic rings. The number of hydrogen-bond donors (Lipinski definition) is 2. The van der Waals surface area contributed by atoms with Crippen LogP contribution in [0.4, 0.5) is 5.00 Å². The lowest BCUT2D eigenvalue weighted by Crippen LogP contribution is -2.17. The number of thioether (sulfide) groups is 1. The number of thiophene rings is 1. The third kappa shape index (κ3) is 4.24. The fourth-order valence-corrected chi connectivity index (χ4v) is 3.09. The van der Waals surface area contributed by atoms with Crippen LogP contribution < -0.4 is 15.8 Å². The molecule has 0 spiro atoms. The van der Waals surface area contributed by atoms with E-state index in [0.29, 0.717) is 10.6 Å². The number of nitrogens with one attached hydrogen (secondary N) is 1. The largest absolute Gasteiger partial charge is 0.497 e. The number of carbonyl (C=O) groups is 2. The summed E-state index contributed by atoms with van der Waals surface area (Å²) in [4.78, 5) is 24.0. The first-order valence-electron chi connectivity index (χ1n) is 6.04. The Morgan fingerprint density at radius 2 is 2.00 bits per heavy atom. The van der Waals surface area contributed by atoms with Crippen molar-refractivity contribution in [1.29, 1.82) is 0 Å². The van der Waals surface area contributed by atoms with E-state index >= 15 is 0 Å². The molecule has 3 N–H and O–H groups in total. The quantitative estimate of drug-likeness (QED) is 0.801. The number of rotatable bonds is 6. The summed E-state index contributed by atoms with van der Waals surface area (Å²) in [6.45, 7) is 0. The highest BCUT2D eigenvalue weighted by molar-refractivity contribution is 8.00. The van der Waals surface area contributed by atoms with E-state index in [-0.39, 0.29) is 11.7 Å². The Kier molecular flexibility index (Phi) is 5.24. The van der Waals surface area contributed by atoms with Crippen LogP contribution in [0.3, 0.4) is 0 Å². The van der Waals surface area contributed by atoms with E-state index in [1.807, 2.05) is 24.3 Å². The van der Waals surface area contributed by atoms with Gasteiger partial charge in [0, 0.05) is 4.90 Å². The second kappa shape index (κ2) is 7.14. The number of hydrogen-bond acceptors (Lipinski definition) is 5. The Balaban J connectivity index is 1.89. The van der Waals surface area contributed by atoms with Crippen LogP contribution in [-0.2, 0) is 4.79 Å². The Bertz CT molecular complexity index is 638. The predicted molar refractivity (Wildman–Crippen MR) is 85.2 cm³/mol. The summed E-state index contributed by atoms with van der Waals surface area (Å²) in [7, 11) is 1.60. The first-order valence-corrected chi connectivity index (χ1v) is 7.90. The summed E-state index contributed by atoms with van der Waals surface area (Å²) in [5.74, 6) is 0.297. The molecular weight excluding hydrogens is 308 g/mol. The van der Waals surface area contributed by atoms with Crippen LogP contribution in [-0.4, -0.2) is 24.7 Å². The van der Waals surface area contributed by atoms with Gasteiger partial charge in [-0.05, 0) is 35.7 Å². The Morgan fingerprint density at radius 3 is 2.62 bits per heavy atom. The lowest BCUT2D eigenvalue weighted by atomic mass is 10.3. The van der Waals surface area contributed by atoms with E-state index in [1.165, 1.54) is 23.1 Å². The van der Waals surface area contributed by atoms with Crippen LogP contribution in [0.1, 0.15) is 10.4 Å². The molecule has 1 aromatic carbocycles. The van der Waals surface area contributed by atoms with Crippen LogP contribution in [0.2, 0.25) is 0 Å². The summed E-state index contributed by atoms with van der Waals surface area (Å²) >= 11 is 2.68. The van der Waals surface area contributed by atoms with Crippen molar-refractivity contribution in [2.45, 2.75) is 4.90 Å². The second-order valence-electron chi connectivity index (χ2n) is 4.04. The minimum Gasteiger partial charge on any atom is -0.497 e. The minimum atomic E-state index is -0.547. The maximum Gasteiger partial charge on any atom is 0.251 e. The first-order chi connectivity index (χ1) is 10.1. The molecule has 2 amide bonds. The molecule has 21 heavy (non-hydrogen) atoms. The monoisotopic (exact) mass is 322 g/mol. The molecule has 110 valence electrons. The Hall–Kier alpha value is -1.99. The topological polar surface area (TPSA) is 81.4 Å². The zero-order valence-electron chi connectivity index (χ0n) is 11.3. The van der Waals surface area contributed by atoms with Gasteiger partial charge in [-0.3, -0.25) is 9.59 Å². The number of methoxy groups -OCH3 is 1. The summed E-state index contributed by atoms with van der Waals surface area (Å²) in [6.07, 6.45) is 0. The number of primary amides is 1. The van der Waals surface area contributed by atoms with Crippen LogP contribution in [0.15, 0.2) is 40.6 Å². The first kappa shape index (κ1) is 15.4. The zero-order valence-corrected chi connectivity index (χ0v) is 12.9. The fraction of sp³-hybridized carbons (Fsp3) is 0.143. The number of amides is 2. The van der Waals surface area contributed by atoms with Crippen molar-refractivity contribution in [3.05, 3.63) is 41.3 Å². The summed E-state index contributed by atoms with van der Waals surface area (Å²) in [6, 6.07) is 9.04. The van der Waals surface area contributed by atoms with E-state index in [2.05, 4.69) is 5.32 Å². The molecule has 0 unspecified atom stereocenters. The summed E-state index contributed by atoms with van der Waals surface area (Å²) in [5, 5.41) is 4.90. The molecule has 0 radical (unpaired) electrons. The Labute approximate surface area is 130 Å². The lowest BCUT2D eigenvalue weighted by molar-refractivity contribution is -0.113. The molecule has 0 saturated carbocycles. The normalized spacial score (nSPS) is 10.1. The highest BCUT2D eigenvalue weighted by Crippen LogP contribution is 2.24. The molecule has 2 rings (SSSR count). The van der Waals surface area contributed by atoms with Crippen molar-refractivity contribution in [2.75, 3.05) is 18.2 Å². The van der Waals surface area contributed by atoms with Crippen molar-refractivity contribution in [2.24, 2.45) is 5.73 Å². The van der Waals surface area contributed by atoms with Gasteiger partial charge in [0.2, 0.25) is 5.91 Å². The molecule has 0 aliphatic carbocycles. The van der Waals surface area contributed by atoms with E-state index in [4.69, 9.17) is 10.5 Å². The number of ether oxygens (including phenoxy) is 1. The second-order valence-corrected chi connectivity index (χ2v) is 6.00. The van der Waals surface area contributed by atoms with Gasteiger partial charge in [0.25, 0.3) is 5.91 Å². The number of carbonyl (C=O) groups excluding carboxylic acids is 2. The molecule has 0 saturated heterocycles. The molecular formula is C14H14N2O3S2. The smallest absolute Gasteiger partial charge is 0.251 e. The van der Waals surface area contributed by atoms with Crippen molar-refractivity contribution < 1.29 is 14.3 Å². The zero-order chi connectivity index (χ0) is 15.2. The van der Waals surface area contributed by atoms with Gasteiger partial charge in [-0.2, -0.15) is 0 Å². The number of benzene rings is 1. The maximum absolute atomic E-state index is 11.9. The molecule has 0 bridgehead atoms. The van der Waals surface area contributed by atoms with Gasteiger partial charge in [0.15, 0.2) is 0 Å². The number of nitrogens with two attached hydrogens (primary N) is 1.